The smallest absolute Gasteiger partial charge is 0.273 e. The number of aryl methyl sites for hydroxylation is 1. The first-order valence-corrected chi connectivity index (χ1v) is 10.4. The fourth-order valence-corrected chi connectivity index (χ4v) is 3.71. The number of hydrogen-bond acceptors (Lipinski definition) is 4. The molecule has 0 N–H and O–H groups in total. The van der Waals surface area contributed by atoms with E-state index in [-0.39, 0.29) is 5.91 Å². The molecular weight excluding hydrogens is 366 g/mol. The Morgan fingerprint density at radius 1 is 0.964 bits per heavy atom. The van der Waals surface area contributed by atoms with Gasteiger partial charge in [-0.15, -0.1) is 11.3 Å². The van der Waals surface area contributed by atoms with E-state index in [1.807, 2.05) is 42.6 Å². The highest BCUT2D eigenvalue weighted by molar-refractivity contribution is 7.13. The van der Waals surface area contributed by atoms with Gasteiger partial charge in [0.2, 0.25) is 0 Å². The summed E-state index contributed by atoms with van der Waals surface area (Å²) in [6.45, 7) is 4.27. The summed E-state index contributed by atoms with van der Waals surface area (Å²) in [6, 6.07) is 18.6. The molecule has 0 radical (unpaired) electrons. The second-order valence-electron chi connectivity index (χ2n) is 7.23. The first-order valence-electron chi connectivity index (χ1n) is 9.53. The molecule has 1 amide bonds. The Bertz CT molecular complexity index is 888. The van der Waals surface area contributed by atoms with Crippen molar-refractivity contribution >= 4 is 17.2 Å². The van der Waals surface area contributed by atoms with Gasteiger partial charge in [-0.3, -0.25) is 4.79 Å². The molecule has 1 heterocycles. The summed E-state index contributed by atoms with van der Waals surface area (Å²) in [5.74, 6) is 0.00685. The van der Waals surface area contributed by atoms with Crippen molar-refractivity contribution in [2.75, 3.05) is 33.7 Å². The van der Waals surface area contributed by atoms with Crippen molar-refractivity contribution in [3.05, 3.63) is 76.8 Å². The summed E-state index contributed by atoms with van der Waals surface area (Å²) in [6.07, 6.45) is 0.842. The minimum absolute atomic E-state index is 0.00685. The van der Waals surface area contributed by atoms with Crippen LogP contribution in [0.4, 0.5) is 0 Å². The van der Waals surface area contributed by atoms with Crippen LogP contribution in [0.5, 0.6) is 0 Å². The maximum Gasteiger partial charge on any atom is 0.273 e. The third-order valence-electron chi connectivity index (χ3n) is 4.64. The van der Waals surface area contributed by atoms with Crippen LogP contribution in [0.15, 0.2) is 60.0 Å². The van der Waals surface area contributed by atoms with Crippen LogP contribution >= 0.6 is 11.3 Å². The molecule has 28 heavy (non-hydrogen) atoms. The average molecular weight is 394 g/mol. The van der Waals surface area contributed by atoms with Gasteiger partial charge in [0.15, 0.2) is 0 Å². The maximum atomic E-state index is 13.1. The fraction of sp³-hybridized carbons (Fsp3) is 0.304. The normalized spacial score (nSPS) is 11.0. The lowest BCUT2D eigenvalue weighted by Crippen LogP contribution is -2.38. The molecule has 2 aromatic carbocycles. The van der Waals surface area contributed by atoms with Crippen LogP contribution in [-0.4, -0.2) is 54.4 Å². The summed E-state index contributed by atoms with van der Waals surface area (Å²) >= 11 is 1.52. The second kappa shape index (κ2) is 9.62. The van der Waals surface area contributed by atoms with Crippen LogP contribution in [0.2, 0.25) is 0 Å². The Morgan fingerprint density at radius 3 is 2.36 bits per heavy atom. The van der Waals surface area contributed by atoms with Crippen molar-refractivity contribution in [2.24, 2.45) is 0 Å². The van der Waals surface area contributed by atoms with E-state index >= 15 is 0 Å². The minimum Gasteiger partial charge on any atom is -0.336 e. The van der Waals surface area contributed by atoms with Crippen LogP contribution in [0, 0.1) is 6.92 Å². The monoisotopic (exact) mass is 393 g/mol. The zero-order valence-corrected chi connectivity index (χ0v) is 17.6. The molecule has 0 spiro atoms. The number of amides is 1. The van der Waals surface area contributed by atoms with E-state index < -0.39 is 0 Å². The number of benzene rings is 2. The molecule has 3 aromatic rings. The molecule has 0 aliphatic rings. The first-order chi connectivity index (χ1) is 13.5. The minimum atomic E-state index is 0.00685. The molecular formula is C23H27N3OS. The highest BCUT2D eigenvalue weighted by Gasteiger charge is 2.19. The topological polar surface area (TPSA) is 36.4 Å². The lowest BCUT2D eigenvalue weighted by atomic mass is 10.1. The second-order valence-corrected chi connectivity index (χ2v) is 8.09. The van der Waals surface area contributed by atoms with Crippen molar-refractivity contribution in [3.63, 3.8) is 0 Å². The molecule has 1 aromatic heterocycles. The van der Waals surface area contributed by atoms with Gasteiger partial charge in [-0.2, -0.15) is 0 Å². The molecule has 146 valence electrons. The summed E-state index contributed by atoms with van der Waals surface area (Å²) in [4.78, 5) is 21.8. The van der Waals surface area contributed by atoms with E-state index in [4.69, 9.17) is 0 Å². The van der Waals surface area contributed by atoms with E-state index in [0.29, 0.717) is 18.8 Å². The molecule has 0 atom stereocenters. The average Bonchev–Trinajstić information content (AvgIpc) is 3.19. The summed E-state index contributed by atoms with van der Waals surface area (Å²) in [5.41, 5.74) is 4.04. The van der Waals surface area contributed by atoms with Gasteiger partial charge in [-0.1, -0.05) is 60.2 Å². The number of likely N-dealkylation sites (N-methyl/N-ethyl adjacent to an activating group) is 1. The number of carbonyl (C=O) groups is 1. The maximum absolute atomic E-state index is 13.1. The molecule has 0 saturated heterocycles. The first kappa shape index (κ1) is 20.2. The largest absolute Gasteiger partial charge is 0.336 e. The van der Waals surface area contributed by atoms with Gasteiger partial charge in [0.25, 0.3) is 5.91 Å². The van der Waals surface area contributed by atoms with Crippen molar-refractivity contribution in [3.8, 4) is 10.6 Å². The third kappa shape index (κ3) is 5.50. The molecule has 3 rings (SSSR count). The van der Waals surface area contributed by atoms with E-state index in [1.54, 1.807) is 0 Å². The Labute approximate surface area is 171 Å². The molecule has 0 fully saturated rings. The van der Waals surface area contributed by atoms with Gasteiger partial charge in [-0.05, 0) is 33.0 Å². The van der Waals surface area contributed by atoms with E-state index in [0.717, 1.165) is 23.5 Å². The van der Waals surface area contributed by atoms with Crippen LogP contribution in [0.1, 0.15) is 21.6 Å². The number of nitrogens with zero attached hydrogens (tertiary/aromatic N) is 3. The van der Waals surface area contributed by atoms with Crippen molar-refractivity contribution in [2.45, 2.75) is 13.3 Å². The van der Waals surface area contributed by atoms with Gasteiger partial charge in [0, 0.05) is 30.6 Å². The summed E-state index contributed by atoms with van der Waals surface area (Å²) in [5, 5.41) is 2.77. The molecule has 0 aliphatic heterocycles. The fourth-order valence-electron chi connectivity index (χ4n) is 2.91. The van der Waals surface area contributed by atoms with Gasteiger partial charge >= 0.3 is 0 Å². The number of rotatable bonds is 8. The standard InChI is InChI=1S/C23H27N3OS/c1-18-9-11-20(12-10-18)22-24-21(17-28-22)23(27)26(16-15-25(2)3)14-13-19-7-5-4-6-8-19/h4-12,17H,13-16H2,1-3H3. The Morgan fingerprint density at radius 2 is 1.68 bits per heavy atom. The molecule has 0 bridgehead atoms. The number of thiazole rings is 1. The summed E-state index contributed by atoms with van der Waals surface area (Å²) < 4.78 is 0. The summed E-state index contributed by atoms with van der Waals surface area (Å²) in [7, 11) is 4.05. The van der Waals surface area contributed by atoms with Crippen LogP contribution in [0.25, 0.3) is 10.6 Å². The molecule has 0 saturated carbocycles. The van der Waals surface area contributed by atoms with Crippen molar-refractivity contribution in [1.29, 1.82) is 0 Å². The Kier molecular flexibility index (Phi) is 6.95. The van der Waals surface area contributed by atoms with E-state index in [2.05, 4.69) is 53.2 Å². The van der Waals surface area contributed by atoms with Crippen LogP contribution in [0.3, 0.4) is 0 Å². The number of aromatic nitrogens is 1. The highest BCUT2D eigenvalue weighted by atomic mass is 32.1. The molecule has 5 heteroatoms. The van der Waals surface area contributed by atoms with Gasteiger partial charge in [-0.25, -0.2) is 4.98 Å². The lowest BCUT2D eigenvalue weighted by Gasteiger charge is -2.23. The quantitative estimate of drug-likeness (QED) is 0.570. The van der Waals surface area contributed by atoms with Crippen LogP contribution < -0.4 is 0 Å². The van der Waals surface area contributed by atoms with E-state index in [9.17, 15) is 4.79 Å². The Hall–Kier alpha value is -2.50. The van der Waals surface area contributed by atoms with Gasteiger partial charge < -0.3 is 9.80 Å². The van der Waals surface area contributed by atoms with E-state index in [1.165, 1.54) is 22.5 Å². The third-order valence-corrected chi connectivity index (χ3v) is 5.53. The van der Waals surface area contributed by atoms with Gasteiger partial charge in [0.05, 0.1) is 0 Å². The van der Waals surface area contributed by atoms with Crippen molar-refractivity contribution < 1.29 is 4.79 Å². The predicted octanol–water partition coefficient (Wildman–Crippen LogP) is 4.37. The highest BCUT2D eigenvalue weighted by Crippen LogP contribution is 2.24. The molecule has 0 aliphatic carbocycles. The lowest BCUT2D eigenvalue weighted by molar-refractivity contribution is 0.0742. The number of hydrogen-bond donors (Lipinski definition) is 0. The van der Waals surface area contributed by atoms with Crippen molar-refractivity contribution in [1.82, 2.24) is 14.8 Å². The number of carbonyl (C=O) groups excluding carboxylic acids is 1. The SMILES string of the molecule is Cc1ccc(-c2nc(C(=O)N(CCc3ccccc3)CCN(C)C)cs2)cc1. The van der Waals surface area contributed by atoms with Crippen LogP contribution in [-0.2, 0) is 6.42 Å². The molecule has 4 nitrogen and oxygen atoms in total. The zero-order valence-electron chi connectivity index (χ0n) is 16.8. The molecule has 0 unspecified atom stereocenters. The zero-order chi connectivity index (χ0) is 19.9. The Balaban J connectivity index is 1.73. The predicted molar refractivity (Wildman–Crippen MR) is 117 cm³/mol. The van der Waals surface area contributed by atoms with Gasteiger partial charge in [0.1, 0.15) is 10.7 Å².